The summed E-state index contributed by atoms with van der Waals surface area (Å²) in [5.74, 6) is 1.49. The summed E-state index contributed by atoms with van der Waals surface area (Å²) in [7, 11) is 0. The van der Waals surface area contributed by atoms with Crippen LogP contribution in [-0.4, -0.2) is 70.6 Å². The standard InChI is InChI=1S/C23H27ClN6O2/c1-14(2)25-9-18(15-3-5-16(24)6-4-15)23(31)29-7-8-30-17(11-29)12-32-19-10-26-21-20(19)22(30)28-13-27-21/h3-6,10,13-14,17-18,25H,7-9,11-12H2,1-2H3,(H,26,27,28)/t17?,18-/m1/s1. The highest BCUT2D eigenvalue weighted by Gasteiger charge is 2.37. The fraction of sp³-hybridized carbons (Fsp3) is 0.435. The quantitative estimate of drug-likeness (QED) is 0.616. The normalized spacial score (nSPS) is 18.9. The molecule has 0 saturated carbocycles. The number of amides is 1. The van der Waals surface area contributed by atoms with Crippen molar-refractivity contribution in [2.75, 3.05) is 37.7 Å². The molecule has 168 valence electrons. The fourth-order valence-electron chi connectivity index (χ4n) is 4.53. The molecule has 0 aliphatic carbocycles. The van der Waals surface area contributed by atoms with Crippen molar-refractivity contribution in [3.05, 3.63) is 47.4 Å². The van der Waals surface area contributed by atoms with E-state index in [0.29, 0.717) is 43.9 Å². The van der Waals surface area contributed by atoms with Crippen LogP contribution in [0.15, 0.2) is 36.8 Å². The van der Waals surface area contributed by atoms with Crippen LogP contribution in [-0.2, 0) is 4.79 Å². The summed E-state index contributed by atoms with van der Waals surface area (Å²) in [6.07, 6.45) is 3.41. The zero-order valence-corrected chi connectivity index (χ0v) is 19.0. The van der Waals surface area contributed by atoms with E-state index in [1.54, 1.807) is 6.33 Å². The van der Waals surface area contributed by atoms with Gasteiger partial charge in [0.2, 0.25) is 5.91 Å². The Labute approximate surface area is 191 Å². The Hall–Kier alpha value is -2.84. The highest BCUT2D eigenvalue weighted by Crippen LogP contribution is 2.36. The molecule has 3 aromatic rings. The van der Waals surface area contributed by atoms with Crippen LogP contribution >= 0.6 is 11.6 Å². The van der Waals surface area contributed by atoms with Crippen molar-refractivity contribution in [1.82, 2.24) is 25.2 Å². The number of benzene rings is 1. The summed E-state index contributed by atoms with van der Waals surface area (Å²) in [6.45, 7) is 7.16. The van der Waals surface area contributed by atoms with Crippen molar-refractivity contribution in [1.29, 1.82) is 0 Å². The Morgan fingerprint density at radius 2 is 2.09 bits per heavy atom. The van der Waals surface area contributed by atoms with Gasteiger partial charge in [0.05, 0.1) is 12.0 Å². The van der Waals surface area contributed by atoms with Gasteiger partial charge < -0.3 is 24.8 Å². The summed E-state index contributed by atoms with van der Waals surface area (Å²) in [4.78, 5) is 29.9. The fourth-order valence-corrected chi connectivity index (χ4v) is 4.66. The summed E-state index contributed by atoms with van der Waals surface area (Å²) in [5.41, 5.74) is 1.74. The molecule has 2 atom stereocenters. The second kappa shape index (κ2) is 8.60. The molecule has 5 rings (SSSR count). The highest BCUT2D eigenvalue weighted by molar-refractivity contribution is 6.30. The summed E-state index contributed by atoms with van der Waals surface area (Å²) < 4.78 is 6.08. The molecule has 9 heteroatoms. The van der Waals surface area contributed by atoms with Gasteiger partial charge >= 0.3 is 0 Å². The average Bonchev–Trinajstić information content (AvgIpc) is 3.14. The maximum absolute atomic E-state index is 13.7. The molecule has 4 heterocycles. The largest absolute Gasteiger partial charge is 0.489 e. The number of piperazine rings is 1. The first-order chi connectivity index (χ1) is 15.5. The number of rotatable bonds is 5. The predicted molar refractivity (Wildman–Crippen MR) is 124 cm³/mol. The van der Waals surface area contributed by atoms with Gasteiger partial charge in [0.25, 0.3) is 0 Å². The van der Waals surface area contributed by atoms with Crippen molar-refractivity contribution in [3.63, 3.8) is 0 Å². The van der Waals surface area contributed by atoms with Crippen LogP contribution in [0.3, 0.4) is 0 Å². The third-order valence-electron chi connectivity index (χ3n) is 6.21. The van der Waals surface area contributed by atoms with Gasteiger partial charge in [-0.3, -0.25) is 4.79 Å². The van der Waals surface area contributed by atoms with E-state index in [2.05, 4.69) is 39.0 Å². The molecular formula is C23H27ClN6O2. The number of hydrogen-bond acceptors (Lipinski definition) is 6. The topological polar surface area (TPSA) is 86.4 Å². The number of aromatic nitrogens is 3. The van der Waals surface area contributed by atoms with Gasteiger partial charge in [0.1, 0.15) is 35.5 Å². The molecule has 8 nitrogen and oxygen atoms in total. The lowest BCUT2D eigenvalue weighted by molar-refractivity contribution is -0.133. The molecule has 0 radical (unpaired) electrons. The monoisotopic (exact) mass is 454 g/mol. The lowest BCUT2D eigenvalue weighted by atomic mass is 9.96. The summed E-state index contributed by atoms with van der Waals surface area (Å²) in [5, 5.41) is 5.01. The molecule has 0 spiro atoms. The number of aromatic amines is 1. The van der Waals surface area contributed by atoms with Gasteiger partial charge in [0, 0.05) is 43.4 Å². The molecular weight excluding hydrogens is 428 g/mol. The number of ether oxygens (including phenoxy) is 1. The molecule has 2 aromatic heterocycles. The lowest BCUT2D eigenvalue weighted by Gasteiger charge is -2.42. The number of halogens is 1. The number of nitrogens with zero attached hydrogens (tertiary/aromatic N) is 4. The Morgan fingerprint density at radius 1 is 1.28 bits per heavy atom. The number of nitrogens with one attached hydrogen (secondary N) is 2. The maximum Gasteiger partial charge on any atom is 0.231 e. The van der Waals surface area contributed by atoms with Gasteiger partial charge in [-0.15, -0.1) is 0 Å². The Morgan fingerprint density at radius 3 is 2.88 bits per heavy atom. The van der Waals surface area contributed by atoms with E-state index in [9.17, 15) is 4.79 Å². The predicted octanol–water partition coefficient (Wildman–Crippen LogP) is 2.80. The molecule has 1 fully saturated rings. The molecule has 32 heavy (non-hydrogen) atoms. The minimum absolute atomic E-state index is 0.0297. The van der Waals surface area contributed by atoms with Gasteiger partial charge in [-0.05, 0) is 17.7 Å². The third kappa shape index (κ3) is 3.89. The molecule has 1 unspecified atom stereocenters. The van der Waals surface area contributed by atoms with Crippen molar-refractivity contribution in [3.8, 4) is 5.75 Å². The second-order valence-electron chi connectivity index (χ2n) is 8.68. The summed E-state index contributed by atoms with van der Waals surface area (Å²) >= 11 is 6.08. The van der Waals surface area contributed by atoms with Crippen LogP contribution in [0.2, 0.25) is 5.02 Å². The smallest absolute Gasteiger partial charge is 0.231 e. The molecule has 1 saturated heterocycles. The minimum atomic E-state index is -0.271. The Bertz CT molecular complexity index is 1120. The SMILES string of the molecule is CC(C)NC[C@@H](C(=O)N1CCN2c3ncnc4[nH]cc(c34)OCC2C1)c1ccc(Cl)cc1. The number of anilines is 1. The van der Waals surface area contributed by atoms with Crippen molar-refractivity contribution in [2.24, 2.45) is 0 Å². The molecule has 2 aliphatic heterocycles. The van der Waals surface area contributed by atoms with Crippen molar-refractivity contribution in [2.45, 2.75) is 31.8 Å². The zero-order valence-electron chi connectivity index (χ0n) is 18.2. The van der Waals surface area contributed by atoms with Crippen molar-refractivity contribution < 1.29 is 9.53 Å². The average molecular weight is 455 g/mol. The van der Waals surface area contributed by atoms with Crippen LogP contribution in [0.4, 0.5) is 5.82 Å². The molecule has 0 bridgehead atoms. The van der Waals surface area contributed by atoms with E-state index in [-0.39, 0.29) is 17.9 Å². The number of fused-ring (bicyclic) bond motifs is 2. The van der Waals surface area contributed by atoms with E-state index < -0.39 is 0 Å². The third-order valence-corrected chi connectivity index (χ3v) is 6.46. The minimum Gasteiger partial charge on any atom is -0.489 e. The first-order valence-electron chi connectivity index (χ1n) is 11.0. The highest BCUT2D eigenvalue weighted by atomic mass is 35.5. The Balaban J connectivity index is 1.38. The molecule has 1 aromatic carbocycles. The van der Waals surface area contributed by atoms with E-state index in [0.717, 1.165) is 28.2 Å². The Kier molecular flexibility index (Phi) is 5.65. The zero-order chi connectivity index (χ0) is 22.2. The van der Waals surface area contributed by atoms with Crippen LogP contribution in [0.5, 0.6) is 5.75 Å². The van der Waals surface area contributed by atoms with Gasteiger partial charge in [0.15, 0.2) is 0 Å². The van der Waals surface area contributed by atoms with Gasteiger partial charge in [-0.2, -0.15) is 0 Å². The van der Waals surface area contributed by atoms with Crippen LogP contribution in [0.1, 0.15) is 25.3 Å². The van der Waals surface area contributed by atoms with Crippen LogP contribution in [0, 0.1) is 0 Å². The first kappa shape index (κ1) is 21.0. The van der Waals surface area contributed by atoms with E-state index in [1.807, 2.05) is 35.4 Å². The second-order valence-corrected chi connectivity index (χ2v) is 9.12. The lowest BCUT2D eigenvalue weighted by Crippen LogP contribution is -2.58. The van der Waals surface area contributed by atoms with Gasteiger partial charge in [-0.1, -0.05) is 37.6 Å². The summed E-state index contributed by atoms with van der Waals surface area (Å²) in [6, 6.07) is 7.91. The molecule has 2 N–H and O–H groups in total. The molecule has 2 aliphatic rings. The number of carbonyl (C=O) groups is 1. The maximum atomic E-state index is 13.7. The van der Waals surface area contributed by atoms with Crippen molar-refractivity contribution >= 4 is 34.4 Å². The van der Waals surface area contributed by atoms with Gasteiger partial charge in [-0.25, -0.2) is 9.97 Å². The number of H-pyrrole nitrogens is 1. The van der Waals surface area contributed by atoms with Crippen LogP contribution < -0.4 is 15.0 Å². The first-order valence-corrected chi connectivity index (χ1v) is 11.4. The van der Waals surface area contributed by atoms with E-state index in [4.69, 9.17) is 16.3 Å². The molecule has 1 amide bonds. The number of hydrogen-bond donors (Lipinski definition) is 2. The van der Waals surface area contributed by atoms with Crippen LogP contribution in [0.25, 0.3) is 11.0 Å². The number of carbonyl (C=O) groups excluding carboxylic acids is 1. The van der Waals surface area contributed by atoms with E-state index >= 15 is 0 Å². The van der Waals surface area contributed by atoms with E-state index in [1.165, 1.54) is 0 Å².